The monoisotopic (exact) mass is 382 g/mol. The smallest absolute Gasteiger partial charge is 0.261 e. The summed E-state index contributed by atoms with van der Waals surface area (Å²) in [5.74, 6) is 0.780. The van der Waals surface area contributed by atoms with E-state index in [1.165, 1.54) is 11.8 Å². The standard InChI is InChI=1S/C20H22N4O2S/c1-16-3-6-19(7-4-16)27(25,26)23-18-5-8-20(22-15-18)24(2)14-11-17-9-12-21-13-10-17/h3-10,12-13,15,23H,11,14H2,1-2H3. The molecule has 2 aromatic heterocycles. The summed E-state index contributed by atoms with van der Waals surface area (Å²) in [7, 11) is -1.66. The fraction of sp³-hybridized carbons (Fsp3) is 0.200. The predicted octanol–water partition coefficient (Wildman–Crippen LogP) is 3.26. The van der Waals surface area contributed by atoms with E-state index < -0.39 is 10.0 Å². The number of nitrogens with one attached hydrogen (secondary N) is 1. The highest BCUT2D eigenvalue weighted by molar-refractivity contribution is 7.92. The Labute approximate surface area is 160 Å². The molecule has 0 saturated heterocycles. The van der Waals surface area contributed by atoms with Crippen LogP contribution in [0.1, 0.15) is 11.1 Å². The molecule has 1 N–H and O–H groups in total. The molecule has 0 amide bonds. The zero-order chi connectivity index (χ0) is 19.3. The quantitative estimate of drug-likeness (QED) is 0.679. The first-order valence-corrected chi connectivity index (χ1v) is 10.1. The van der Waals surface area contributed by atoms with Crippen molar-refractivity contribution in [3.63, 3.8) is 0 Å². The maximum Gasteiger partial charge on any atom is 0.261 e. The zero-order valence-electron chi connectivity index (χ0n) is 15.3. The first kappa shape index (κ1) is 18.8. The van der Waals surface area contributed by atoms with E-state index in [-0.39, 0.29) is 4.90 Å². The van der Waals surface area contributed by atoms with Gasteiger partial charge in [0.1, 0.15) is 5.82 Å². The van der Waals surface area contributed by atoms with E-state index in [4.69, 9.17) is 0 Å². The van der Waals surface area contributed by atoms with Crippen molar-refractivity contribution >= 4 is 21.5 Å². The van der Waals surface area contributed by atoms with Gasteiger partial charge >= 0.3 is 0 Å². The minimum absolute atomic E-state index is 0.228. The fourth-order valence-corrected chi connectivity index (χ4v) is 3.61. The number of aromatic nitrogens is 2. The molecule has 0 aliphatic rings. The summed E-state index contributed by atoms with van der Waals surface area (Å²) >= 11 is 0. The van der Waals surface area contributed by atoms with E-state index in [2.05, 4.69) is 14.7 Å². The van der Waals surface area contributed by atoms with E-state index >= 15 is 0 Å². The highest BCUT2D eigenvalue weighted by atomic mass is 32.2. The van der Waals surface area contributed by atoms with Crippen LogP contribution < -0.4 is 9.62 Å². The van der Waals surface area contributed by atoms with Gasteiger partial charge in [0, 0.05) is 26.0 Å². The second kappa shape index (κ2) is 8.18. The number of benzene rings is 1. The van der Waals surface area contributed by atoms with Crippen molar-refractivity contribution in [2.75, 3.05) is 23.2 Å². The van der Waals surface area contributed by atoms with Crippen LogP contribution in [0.3, 0.4) is 0 Å². The molecule has 0 saturated carbocycles. The van der Waals surface area contributed by atoms with Gasteiger partial charge in [-0.3, -0.25) is 9.71 Å². The molecule has 3 aromatic rings. The van der Waals surface area contributed by atoms with Crippen LogP contribution >= 0.6 is 0 Å². The molecule has 0 bridgehead atoms. The van der Waals surface area contributed by atoms with Gasteiger partial charge < -0.3 is 4.90 Å². The summed E-state index contributed by atoms with van der Waals surface area (Å²) in [4.78, 5) is 10.6. The highest BCUT2D eigenvalue weighted by Crippen LogP contribution is 2.18. The van der Waals surface area contributed by atoms with E-state index in [9.17, 15) is 8.42 Å². The lowest BCUT2D eigenvalue weighted by atomic mass is 10.2. The fourth-order valence-electron chi connectivity index (χ4n) is 2.56. The summed E-state index contributed by atoms with van der Waals surface area (Å²) in [6.07, 6.45) is 5.97. The van der Waals surface area contributed by atoms with E-state index in [1.807, 2.05) is 31.0 Å². The van der Waals surface area contributed by atoms with Gasteiger partial charge in [-0.15, -0.1) is 0 Å². The van der Waals surface area contributed by atoms with Crippen LogP contribution in [0.25, 0.3) is 0 Å². The molecule has 0 atom stereocenters. The number of hydrogen-bond acceptors (Lipinski definition) is 5. The maximum atomic E-state index is 12.4. The highest BCUT2D eigenvalue weighted by Gasteiger charge is 2.14. The molecule has 2 heterocycles. The molecule has 7 heteroatoms. The third-order valence-corrected chi connectivity index (χ3v) is 5.60. The Morgan fingerprint density at radius 3 is 2.33 bits per heavy atom. The number of rotatable bonds is 7. The predicted molar refractivity (Wildman–Crippen MR) is 107 cm³/mol. The van der Waals surface area contributed by atoms with Crippen LogP contribution in [0.2, 0.25) is 0 Å². The largest absolute Gasteiger partial charge is 0.359 e. The Kier molecular flexibility index (Phi) is 5.71. The number of hydrogen-bond donors (Lipinski definition) is 1. The van der Waals surface area contributed by atoms with Crippen molar-refractivity contribution in [3.8, 4) is 0 Å². The first-order chi connectivity index (χ1) is 12.9. The zero-order valence-corrected chi connectivity index (χ0v) is 16.1. The molecule has 0 unspecified atom stereocenters. The molecular formula is C20H22N4O2S. The number of likely N-dealkylation sites (N-methyl/N-ethyl adjacent to an activating group) is 1. The summed E-state index contributed by atoms with van der Waals surface area (Å²) in [6, 6.07) is 14.2. The average Bonchev–Trinajstić information content (AvgIpc) is 2.67. The van der Waals surface area contributed by atoms with Gasteiger partial charge in [-0.05, 0) is 55.3 Å². The van der Waals surface area contributed by atoms with Crippen molar-refractivity contribution in [2.24, 2.45) is 0 Å². The van der Waals surface area contributed by atoms with Gasteiger partial charge in [-0.1, -0.05) is 17.7 Å². The normalized spacial score (nSPS) is 11.2. The summed E-state index contributed by atoms with van der Waals surface area (Å²) in [5.41, 5.74) is 2.65. The molecule has 0 radical (unpaired) electrons. The Balaban J connectivity index is 1.63. The molecule has 0 aliphatic heterocycles. The Hall–Kier alpha value is -2.93. The first-order valence-electron chi connectivity index (χ1n) is 8.60. The van der Waals surface area contributed by atoms with Crippen LogP contribution in [0.5, 0.6) is 0 Å². The lowest BCUT2D eigenvalue weighted by molar-refractivity contribution is 0.601. The van der Waals surface area contributed by atoms with Crippen molar-refractivity contribution < 1.29 is 8.42 Å². The molecular weight excluding hydrogens is 360 g/mol. The average molecular weight is 382 g/mol. The van der Waals surface area contributed by atoms with Gasteiger partial charge in [0.05, 0.1) is 16.8 Å². The number of pyridine rings is 2. The Morgan fingerprint density at radius 2 is 1.70 bits per heavy atom. The lowest BCUT2D eigenvalue weighted by Crippen LogP contribution is -2.21. The van der Waals surface area contributed by atoms with E-state index in [0.717, 1.165) is 24.3 Å². The van der Waals surface area contributed by atoms with Crippen molar-refractivity contribution in [3.05, 3.63) is 78.2 Å². The summed E-state index contributed by atoms with van der Waals surface area (Å²) in [5, 5.41) is 0. The minimum atomic E-state index is -3.62. The number of anilines is 2. The molecule has 0 aliphatic carbocycles. The second-order valence-electron chi connectivity index (χ2n) is 6.35. The molecule has 140 valence electrons. The van der Waals surface area contributed by atoms with Crippen molar-refractivity contribution in [2.45, 2.75) is 18.2 Å². The van der Waals surface area contributed by atoms with Crippen molar-refractivity contribution in [1.82, 2.24) is 9.97 Å². The minimum Gasteiger partial charge on any atom is -0.359 e. The summed E-state index contributed by atoms with van der Waals surface area (Å²) in [6.45, 7) is 2.71. The SMILES string of the molecule is Cc1ccc(S(=O)(=O)Nc2ccc(N(C)CCc3ccncc3)nc2)cc1. The summed E-state index contributed by atoms with van der Waals surface area (Å²) < 4.78 is 27.4. The second-order valence-corrected chi connectivity index (χ2v) is 8.03. The number of aryl methyl sites for hydroxylation is 1. The molecule has 1 aromatic carbocycles. The Morgan fingerprint density at radius 1 is 1.00 bits per heavy atom. The van der Waals surface area contributed by atoms with Crippen molar-refractivity contribution in [1.29, 1.82) is 0 Å². The molecule has 3 rings (SSSR count). The van der Waals surface area contributed by atoms with Gasteiger partial charge in [0.2, 0.25) is 0 Å². The van der Waals surface area contributed by atoms with Gasteiger partial charge in [0.25, 0.3) is 10.0 Å². The molecule has 6 nitrogen and oxygen atoms in total. The number of nitrogens with zero attached hydrogens (tertiary/aromatic N) is 3. The van der Waals surface area contributed by atoms with Gasteiger partial charge in [-0.2, -0.15) is 0 Å². The van der Waals surface area contributed by atoms with Crippen LogP contribution in [0, 0.1) is 6.92 Å². The van der Waals surface area contributed by atoms with Crippen LogP contribution in [-0.2, 0) is 16.4 Å². The molecule has 27 heavy (non-hydrogen) atoms. The van der Waals surface area contributed by atoms with Gasteiger partial charge in [0.15, 0.2) is 0 Å². The van der Waals surface area contributed by atoms with Crippen LogP contribution in [-0.4, -0.2) is 32.0 Å². The van der Waals surface area contributed by atoms with E-state index in [0.29, 0.717) is 5.69 Å². The Bertz CT molecular complexity index is 973. The maximum absolute atomic E-state index is 12.4. The third kappa shape index (κ3) is 5.04. The van der Waals surface area contributed by atoms with Gasteiger partial charge in [-0.25, -0.2) is 13.4 Å². The third-order valence-electron chi connectivity index (χ3n) is 4.21. The van der Waals surface area contributed by atoms with Crippen LogP contribution in [0.4, 0.5) is 11.5 Å². The van der Waals surface area contributed by atoms with E-state index in [1.54, 1.807) is 48.8 Å². The van der Waals surface area contributed by atoms with Crippen LogP contribution in [0.15, 0.2) is 72.0 Å². The molecule has 0 fully saturated rings. The molecule has 0 spiro atoms. The lowest BCUT2D eigenvalue weighted by Gasteiger charge is -2.18. The number of sulfonamides is 1. The topological polar surface area (TPSA) is 75.2 Å².